The zero-order chi connectivity index (χ0) is 21.0. The van der Waals surface area contributed by atoms with Gasteiger partial charge in [-0.05, 0) is 31.0 Å². The summed E-state index contributed by atoms with van der Waals surface area (Å²) in [6, 6.07) is 5.78. The molecule has 8 nitrogen and oxygen atoms in total. The van der Waals surface area contributed by atoms with Gasteiger partial charge in [0, 0.05) is 18.7 Å². The first-order valence-corrected chi connectivity index (χ1v) is 9.75. The number of anilines is 1. The topological polar surface area (TPSA) is 110 Å². The number of nitrogens with one attached hydrogen (secondary N) is 1. The molecule has 0 saturated carbocycles. The van der Waals surface area contributed by atoms with Gasteiger partial charge in [0.25, 0.3) is 0 Å². The van der Waals surface area contributed by atoms with Crippen molar-refractivity contribution in [2.24, 2.45) is 0 Å². The fourth-order valence-electron chi connectivity index (χ4n) is 3.00. The van der Waals surface area contributed by atoms with Gasteiger partial charge in [-0.3, -0.25) is 0 Å². The third-order valence-electron chi connectivity index (χ3n) is 4.44. The summed E-state index contributed by atoms with van der Waals surface area (Å²) in [5.41, 5.74) is 1.53. The first-order valence-electron chi connectivity index (χ1n) is 8.94. The van der Waals surface area contributed by atoms with Crippen molar-refractivity contribution in [2.45, 2.75) is 13.3 Å². The van der Waals surface area contributed by atoms with Gasteiger partial charge in [0.05, 0.1) is 26.7 Å². The van der Waals surface area contributed by atoms with Crippen LogP contribution in [0.15, 0.2) is 12.1 Å². The molecular weight excluding hydrogens is 392 g/mol. The minimum atomic E-state index is 0.0764. The van der Waals surface area contributed by atoms with Crippen molar-refractivity contribution in [2.75, 3.05) is 39.8 Å². The molecule has 0 radical (unpaired) electrons. The summed E-state index contributed by atoms with van der Waals surface area (Å²) in [5, 5.41) is 22.6. The minimum absolute atomic E-state index is 0.0764. The molecule has 152 valence electrons. The summed E-state index contributed by atoms with van der Waals surface area (Å²) in [4.78, 5) is 10.7. The lowest BCUT2D eigenvalue weighted by Crippen LogP contribution is -2.07. The number of aliphatic hydroxyl groups excluding tert-OH is 1. The highest BCUT2D eigenvalue weighted by Gasteiger charge is 2.20. The molecule has 2 heterocycles. The fourth-order valence-corrected chi connectivity index (χ4v) is 3.98. The Bertz CT molecular complexity index is 1050. The smallest absolute Gasteiger partial charge is 0.203 e. The van der Waals surface area contributed by atoms with E-state index in [4.69, 9.17) is 24.3 Å². The summed E-state index contributed by atoms with van der Waals surface area (Å²) < 4.78 is 16.2. The molecule has 0 fully saturated rings. The van der Waals surface area contributed by atoms with E-state index in [1.54, 1.807) is 33.5 Å². The van der Waals surface area contributed by atoms with Crippen molar-refractivity contribution in [3.8, 4) is 34.7 Å². The average Bonchev–Trinajstić information content (AvgIpc) is 3.08. The van der Waals surface area contributed by atoms with Gasteiger partial charge in [-0.15, -0.1) is 11.3 Å². The van der Waals surface area contributed by atoms with Gasteiger partial charge in [0.15, 0.2) is 17.3 Å². The number of fused-ring (bicyclic) bond motifs is 1. The molecule has 1 aromatic carbocycles. The maximum absolute atomic E-state index is 9.42. The highest BCUT2D eigenvalue weighted by Crippen LogP contribution is 2.42. The number of hydrogen-bond acceptors (Lipinski definition) is 9. The molecule has 2 N–H and O–H groups in total. The maximum Gasteiger partial charge on any atom is 0.203 e. The average molecular weight is 414 g/mol. The second-order valence-corrected chi connectivity index (χ2v) is 7.16. The van der Waals surface area contributed by atoms with Crippen LogP contribution in [0.1, 0.15) is 16.9 Å². The molecule has 2 aromatic heterocycles. The van der Waals surface area contributed by atoms with Crippen molar-refractivity contribution < 1.29 is 19.3 Å². The molecule has 0 bridgehead atoms. The first kappa shape index (κ1) is 20.6. The molecule has 0 saturated heterocycles. The molecule has 0 atom stereocenters. The van der Waals surface area contributed by atoms with Crippen LogP contribution < -0.4 is 19.5 Å². The Balaban J connectivity index is 2.21. The van der Waals surface area contributed by atoms with Crippen molar-refractivity contribution >= 4 is 27.4 Å². The molecule has 9 heteroatoms. The second-order valence-electron chi connectivity index (χ2n) is 6.16. The lowest BCUT2D eigenvalue weighted by molar-refractivity contribution is 0.292. The molecule has 0 unspecified atom stereocenters. The van der Waals surface area contributed by atoms with Crippen LogP contribution in [0.3, 0.4) is 0 Å². The minimum Gasteiger partial charge on any atom is -0.493 e. The lowest BCUT2D eigenvalue weighted by Gasteiger charge is -2.14. The van der Waals surface area contributed by atoms with Crippen LogP contribution in [0.5, 0.6) is 17.2 Å². The van der Waals surface area contributed by atoms with Crippen molar-refractivity contribution in [1.82, 2.24) is 9.97 Å². The van der Waals surface area contributed by atoms with E-state index in [1.165, 1.54) is 11.3 Å². The maximum atomic E-state index is 9.42. The standard InChI is InChI=1S/C20H22N4O4S/c1-11-15(10-21)29-20-16(11)19(22-6-5-7-25)23-18(24-20)12-8-13(26-2)17(28-4)14(9-12)27-3/h8-9,25H,5-7H2,1-4H3,(H,22,23,24). The van der Waals surface area contributed by atoms with E-state index < -0.39 is 0 Å². The SMILES string of the molecule is COc1cc(-c2nc(NCCCO)c3c(C)c(C#N)sc3n2)cc(OC)c1OC. The van der Waals surface area contributed by atoms with E-state index in [2.05, 4.69) is 16.4 Å². The molecular formula is C20H22N4O4S. The zero-order valence-electron chi connectivity index (χ0n) is 16.7. The highest BCUT2D eigenvalue weighted by molar-refractivity contribution is 7.19. The number of rotatable bonds is 8. The number of ether oxygens (including phenoxy) is 3. The molecule has 0 aliphatic heterocycles. The molecule has 0 amide bonds. The summed E-state index contributed by atoms with van der Waals surface area (Å²) in [7, 11) is 4.65. The molecule has 0 aliphatic carbocycles. The van der Waals surface area contributed by atoms with Gasteiger partial charge >= 0.3 is 0 Å². The third-order valence-corrected chi connectivity index (χ3v) is 5.53. The Hall–Kier alpha value is -3.09. The van der Waals surface area contributed by atoms with Gasteiger partial charge < -0.3 is 24.6 Å². The Morgan fingerprint density at radius 3 is 2.38 bits per heavy atom. The van der Waals surface area contributed by atoms with E-state index in [0.717, 1.165) is 10.9 Å². The quantitative estimate of drug-likeness (QED) is 0.540. The number of aryl methyl sites for hydroxylation is 1. The highest BCUT2D eigenvalue weighted by atomic mass is 32.1. The van der Waals surface area contributed by atoms with E-state index in [0.29, 0.717) is 57.1 Å². The van der Waals surface area contributed by atoms with Crippen LogP contribution in [0, 0.1) is 18.3 Å². The molecule has 3 aromatic rings. The molecule has 0 aliphatic rings. The lowest BCUT2D eigenvalue weighted by atomic mass is 10.1. The number of aromatic nitrogens is 2. The van der Waals surface area contributed by atoms with Crippen LogP contribution in [0.25, 0.3) is 21.6 Å². The molecule has 29 heavy (non-hydrogen) atoms. The normalized spacial score (nSPS) is 10.6. The molecule has 3 rings (SSSR count). The van der Waals surface area contributed by atoms with E-state index >= 15 is 0 Å². The number of hydrogen-bond donors (Lipinski definition) is 2. The second kappa shape index (κ2) is 8.94. The van der Waals surface area contributed by atoms with Crippen LogP contribution in [-0.4, -0.2) is 49.6 Å². The van der Waals surface area contributed by atoms with Crippen LogP contribution >= 0.6 is 11.3 Å². The van der Waals surface area contributed by atoms with Crippen molar-refractivity contribution in [3.05, 3.63) is 22.6 Å². The van der Waals surface area contributed by atoms with Crippen LogP contribution in [0.2, 0.25) is 0 Å². The fraction of sp³-hybridized carbons (Fsp3) is 0.350. The van der Waals surface area contributed by atoms with Gasteiger partial charge in [0.2, 0.25) is 5.75 Å². The predicted octanol–water partition coefficient (Wildman–Crippen LogP) is 3.36. The number of benzene rings is 1. The molecule has 0 spiro atoms. The van der Waals surface area contributed by atoms with Gasteiger partial charge in [-0.2, -0.15) is 5.26 Å². The van der Waals surface area contributed by atoms with Gasteiger partial charge in [0.1, 0.15) is 21.6 Å². The number of aliphatic hydroxyl groups is 1. The Kier molecular flexibility index (Phi) is 6.36. The summed E-state index contributed by atoms with van der Waals surface area (Å²) >= 11 is 1.32. The predicted molar refractivity (Wildman–Crippen MR) is 112 cm³/mol. The Morgan fingerprint density at radius 2 is 1.83 bits per heavy atom. The Morgan fingerprint density at radius 1 is 1.14 bits per heavy atom. The first-order chi connectivity index (χ1) is 14.1. The summed E-state index contributed by atoms with van der Waals surface area (Å²) in [5.74, 6) is 2.58. The van der Waals surface area contributed by atoms with E-state index in [-0.39, 0.29) is 6.61 Å². The van der Waals surface area contributed by atoms with Gasteiger partial charge in [-0.1, -0.05) is 0 Å². The third kappa shape index (κ3) is 3.90. The number of methoxy groups -OCH3 is 3. The van der Waals surface area contributed by atoms with Gasteiger partial charge in [-0.25, -0.2) is 9.97 Å². The van der Waals surface area contributed by atoms with Crippen LogP contribution in [-0.2, 0) is 0 Å². The largest absolute Gasteiger partial charge is 0.493 e. The number of nitriles is 1. The van der Waals surface area contributed by atoms with Crippen molar-refractivity contribution in [3.63, 3.8) is 0 Å². The number of nitrogens with zero attached hydrogens (tertiary/aromatic N) is 3. The zero-order valence-corrected chi connectivity index (χ0v) is 17.5. The van der Waals surface area contributed by atoms with Crippen molar-refractivity contribution in [1.29, 1.82) is 5.26 Å². The summed E-state index contributed by atoms with van der Waals surface area (Å²) in [6.07, 6.45) is 0.583. The van der Waals surface area contributed by atoms with E-state index in [9.17, 15) is 5.26 Å². The van der Waals surface area contributed by atoms with E-state index in [1.807, 2.05) is 6.92 Å². The number of thiophene rings is 1. The summed E-state index contributed by atoms with van der Waals surface area (Å²) in [6.45, 7) is 2.51. The monoisotopic (exact) mass is 414 g/mol. The Labute approximate surface area is 172 Å². The van der Waals surface area contributed by atoms with Crippen LogP contribution in [0.4, 0.5) is 5.82 Å².